The Morgan fingerprint density at radius 3 is 2.50 bits per heavy atom. The fourth-order valence-corrected chi connectivity index (χ4v) is 3.53. The van der Waals surface area contributed by atoms with E-state index in [4.69, 9.17) is 21.1 Å². The molecule has 26 heavy (non-hydrogen) atoms. The van der Waals surface area contributed by atoms with Gasteiger partial charge in [0.25, 0.3) is 0 Å². The Labute approximate surface area is 158 Å². The molecular weight excluding hydrogens is 352 g/mol. The van der Waals surface area contributed by atoms with Crippen LogP contribution in [0.3, 0.4) is 0 Å². The SMILES string of the molecule is O=C(CN1CCN(c2cccc(Cl)c2)CC1)c1ccc2c(c1)OCCO2. The highest BCUT2D eigenvalue weighted by Crippen LogP contribution is 2.31. The van der Waals surface area contributed by atoms with Crippen molar-refractivity contribution in [2.45, 2.75) is 0 Å². The highest BCUT2D eigenvalue weighted by atomic mass is 35.5. The van der Waals surface area contributed by atoms with Gasteiger partial charge < -0.3 is 14.4 Å². The third kappa shape index (κ3) is 3.79. The first-order valence-electron chi connectivity index (χ1n) is 8.85. The van der Waals surface area contributed by atoms with Gasteiger partial charge in [-0.1, -0.05) is 17.7 Å². The molecule has 0 aromatic heterocycles. The Balaban J connectivity index is 1.35. The zero-order valence-corrected chi connectivity index (χ0v) is 15.2. The Morgan fingerprint density at radius 1 is 0.962 bits per heavy atom. The van der Waals surface area contributed by atoms with Crippen molar-refractivity contribution in [2.24, 2.45) is 0 Å². The number of Topliss-reactive ketones (excluding diaryl/α,β-unsaturated/α-hetero) is 1. The second-order valence-corrected chi connectivity index (χ2v) is 6.96. The van der Waals surface area contributed by atoms with Crippen LogP contribution in [-0.4, -0.2) is 56.6 Å². The summed E-state index contributed by atoms with van der Waals surface area (Å²) in [5, 5.41) is 0.749. The predicted molar refractivity (Wildman–Crippen MR) is 102 cm³/mol. The summed E-state index contributed by atoms with van der Waals surface area (Å²) in [4.78, 5) is 17.1. The summed E-state index contributed by atoms with van der Waals surface area (Å²) >= 11 is 6.08. The number of piperazine rings is 1. The fourth-order valence-electron chi connectivity index (χ4n) is 3.35. The average molecular weight is 373 g/mol. The summed E-state index contributed by atoms with van der Waals surface area (Å²) in [6.07, 6.45) is 0. The van der Waals surface area contributed by atoms with Crippen LogP contribution in [0.25, 0.3) is 0 Å². The molecule has 0 radical (unpaired) electrons. The van der Waals surface area contributed by atoms with Crippen molar-refractivity contribution in [3.63, 3.8) is 0 Å². The quantitative estimate of drug-likeness (QED) is 0.771. The number of hydrogen-bond donors (Lipinski definition) is 0. The Kier molecular flexibility index (Phi) is 5.00. The van der Waals surface area contributed by atoms with E-state index in [1.165, 1.54) is 0 Å². The number of anilines is 1. The van der Waals surface area contributed by atoms with Crippen molar-refractivity contribution in [1.82, 2.24) is 4.90 Å². The lowest BCUT2D eigenvalue weighted by Crippen LogP contribution is -2.48. The zero-order valence-electron chi connectivity index (χ0n) is 14.5. The summed E-state index contributed by atoms with van der Waals surface area (Å²) < 4.78 is 11.1. The van der Waals surface area contributed by atoms with E-state index >= 15 is 0 Å². The summed E-state index contributed by atoms with van der Waals surface area (Å²) in [7, 11) is 0. The number of carbonyl (C=O) groups is 1. The standard InChI is InChI=1S/C20H21ClN2O3/c21-16-2-1-3-17(13-16)23-8-6-22(7-9-23)14-18(24)15-4-5-19-20(12-15)26-11-10-25-19/h1-5,12-13H,6-11,14H2. The first-order chi connectivity index (χ1) is 12.7. The first-order valence-corrected chi connectivity index (χ1v) is 9.22. The first kappa shape index (κ1) is 17.2. The van der Waals surface area contributed by atoms with Crippen LogP contribution >= 0.6 is 11.6 Å². The molecule has 2 heterocycles. The molecule has 1 saturated heterocycles. The van der Waals surface area contributed by atoms with Gasteiger partial charge in [0.05, 0.1) is 6.54 Å². The molecule has 2 aromatic rings. The Morgan fingerprint density at radius 2 is 1.73 bits per heavy atom. The molecule has 0 amide bonds. The van der Waals surface area contributed by atoms with E-state index in [9.17, 15) is 4.79 Å². The van der Waals surface area contributed by atoms with Gasteiger partial charge in [-0.25, -0.2) is 0 Å². The molecule has 0 bridgehead atoms. The Bertz CT molecular complexity index is 803. The van der Waals surface area contributed by atoms with Crippen LogP contribution in [0.2, 0.25) is 5.02 Å². The molecule has 6 heteroatoms. The molecule has 2 aliphatic heterocycles. The number of fused-ring (bicyclic) bond motifs is 1. The number of benzene rings is 2. The number of carbonyl (C=O) groups excluding carboxylic acids is 1. The van der Waals surface area contributed by atoms with Crippen LogP contribution < -0.4 is 14.4 Å². The molecule has 0 aliphatic carbocycles. The summed E-state index contributed by atoms with van der Waals surface area (Å²) in [6.45, 7) is 4.96. The number of rotatable bonds is 4. The number of halogens is 1. The zero-order chi connectivity index (χ0) is 17.9. The molecule has 2 aromatic carbocycles. The lowest BCUT2D eigenvalue weighted by Gasteiger charge is -2.35. The van der Waals surface area contributed by atoms with Gasteiger partial charge in [-0.05, 0) is 36.4 Å². The minimum absolute atomic E-state index is 0.109. The number of ketones is 1. The van der Waals surface area contributed by atoms with Crippen molar-refractivity contribution in [3.05, 3.63) is 53.1 Å². The smallest absolute Gasteiger partial charge is 0.176 e. The average Bonchev–Trinajstić information content (AvgIpc) is 2.68. The third-order valence-electron chi connectivity index (χ3n) is 4.78. The maximum Gasteiger partial charge on any atom is 0.176 e. The van der Waals surface area contributed by atoms with Gasteiger partial charge in [0.1, 0.15) is 13.2 Å². The second-order valence-electron chi connectivity index (χ2n) is 6.52. The molecule has 0 atom stereocenters. The molecule has 136 valence electrons. The van der Waals surface area contributed by atoms with E-state index in [1.54, 1.807) is 6.07 Å². The lowest BCUT2D eigenvalue weighted by molar-refractivity contribution is 0.0925. The van der Waals surface area contributed by atoms with Crippen LogP contribution in [0, 0.1) is 0 Å². The largest absolute Gasteiger partial charge is 0.486 e. The molecule has 0 saturated carbocycles. The van der Waals surface area contributed by atoms with E-state index in [2.05, 4.69) is 15.9 Å². The van der Waals surface area contributed by atoms with Gasteiger partial charge in [-0.15, -0.1) is 0 Å². The summed E-state index contributed by atoms with van der Waals surface area (Å²) in [5.74, 6) is 1.48. The van der Waals surface area contributed by atoms with Gasteiger partial charge >= 0.3 is 0 Å². The minimum atomic E-state index is 0.109. The maximum atomic E-state index is 12.6. The van der Waals surface area contributed by atoms with Crippen LogP contribution in [-0.2, 0) is 0 Å². The molecule has 0 unspecified atom stereocenters. The van der Waals surface area contributed by atoms with Gasteiger partial charge in [-0.3, -0.25) is 9.69 Å². The highest BCUT2D eigenvalue weighted by Gasteiger charge is 2.21. The fraction of sp³-hybridized carbons (Fsp3) is 0.350. The number of nitrogens with zero attached hydrogens (tertiary/aromatic N) is 2. The molecular formula is C20H21ClN2O3. The van der Waals surface area contributed by atoms with E-state index < -0.39 is 0 Å². The van der Waals surface area contributed by atoms with Crippen LogP contribution in [0.15, 0.2) is 42.5 Å². The lowest BCUT2D eigenvalue weighted by atomic mass is 10.1. The molecule has 0 spiro atoms. The van der Waals surface area contributed by atoms with Crippen LogP contribution in [0.4, 0.5) is 5.69 Å². The van der Waals surface area contributed by atoms with Crippen molar-refractivity contribution in [3.8, 4) is 11.5 Å². The Hall–Kier alpha value is -2.24. The maximum absolute atomic E-state index is 12.6. The second kappa shape index (κ2) is 7.56. The minimum Gasteiger partial charge on any atom is -0.486 e. The monoisotopic (exact) mass is 372 g/mol. The highest BCUT2D eigenvalue weighted by molar-refractivity contribution is 6.30. The molecule has 1 fully saturated rings. The predicted octanol–water partition coefficient (Wildman–Crippen LogP) is 3.12. The van der Waals surface area contributed by atoms with Gasteiger partial charge in [-0.2, -0.15) is 0 Å². The van der Waals surface area contributed by atoms with Crippen molar-refractivity contribution in [2.75, 3.05) is 50.8 Å². The number of hydrogen-bond acceptors (Lipinski definition) is 5. The molecule has 2 aliphatic rings. The normalized spacial score (nSPS) is 17.2. The number of ether oxygens (including phenoxy) is 2. The topological polar surface area (TPSA) is 42.0 Å². The van der Waals surface area contributed by atoms with Gasteiger partial charge in [0.2, 0.25) is 0 Å². The van der Waals surface area contributed by atoms with E-state index in [1.807, 2.05) is 30.3 Å². The van der Waals surface area contributed by atoms with Crippen molar-refractivity contribution >= 4 is 23.1 Å². The summed E-state index contributed by atoms with van der Waals surface area (Å²) in [5.41, 5.74) is 1.81. The molecule has 5 nitrogen and oxygen atoms in total. The van der Waals surface area contributed by atoms with Gasteiger partial charge in [0.15, 0.2) is 17.3 Å². The third-order valence-corrected chi connectivity index (χ3v) is 5.01. The molecule has 0 N–H and O–H groups in total. The van der Waals surface area contributed by atoms with Crippen LogP contribution in [0.5, 0.6) is 11.5 Å². The van der Waals surface area contributed by atoms with E-state index in [-0.39, 0.29) is 5.78 Å². The van der Waals surface area contributed by atoms with E-state index in [0.29, 0.717) is 36.8 Å². The van der Waals surface area contributed by atoms with E-state index in [0.717, 1.165) is 36.9 Å². The molecule has 4 rings (SSSR count). The van der Waals surface area contributed by atoms with Crippen molar-refractivity contribution < 1.29 is 14.3 Å². The van der Waals surface area contributed by atoms with Gasteiger partial charge in [0, 0.05) is 42.5 Å². The van der Waals surface area contributed by atoms with Crippen LogP contribution in [0.1, 0.15) is 10.4 Å². The van der Waals surface area contributed by atoms with Crippen molar-refractivity contribution in [1.29, 1.82) is 0 Å². The summed E-state index contributed by atoms with van der Waals surface area (Å²) in [6, 6.07) is 13.3.